The van der Waals surface area contributed by atoms with Gasteiger partial charge >= 0.3 is 0 Å². The van der Waals surface area contributed by atoms with Crippen LogP contribution in [0, 0.1) is 5.92 Å². The third kappa shape index (κ3) is 4.71. The predicted octanol–water partition coefficient (Wildman–Crippen LogP) is 2.87. The first kappa shape index (κ1) is 18.2. The van der Waals surface area contributed by atoms with E-state index in [2.05, 4.69) is 39.6 Å². The number of benzene rings is 1. The molecule has 140 valence electrons. The number of rotatable bonds is 7. The highest BCUT2D eigenvalue weighted by Crippen LogP contribution is 2.31. The van der Waals surface area contributed by atoms with Crippen LogP contribution in [0.5, 0.6) is 5.75 Å². The van der Waals surface area contributed by atoms with Crippen LogP contribution in [0.4, 0.5) is 5.69 Å². The van der Waals surface area contributed by atoms with Crippen molar-refractivity contribution in [1.29, 1.82) is 0 Å². The second-order valence-corrected chi connectivity index (χ2v) is 6.43. The molecule has 6 nitrogen and oxygen atoms in total. The minimum atomic E-state index is 0.542. The Hall–Kier alpha value is -2.63. The summed E-state index contributed by atoms with van der Waals surface area (Å²) in [5.41, 5.74) is 1.18. The fraction of sp³-hybridized carbons (Fsp3) is 0.450. The topological polar surface area (TPSA) is 62.0 Å². The molecule has 1 fully saturated rings. The molecule has 1 saturated heterocycles. The van der Waals surface area contributed by atoms with Crippen LogP contribution in [0.15, 0.2) is 52.1 Å². The molecule has 2 N–H and O–H groups in total. The van der Waals surface area contributed by atoms with Crippen molar-refractivity contribution in [3.63, 3.8) is 0 Å². The van der Waals surface area contributed by atoms with Crippen LogP contribution in [0.1, 0.15) is 19.1 Å². The summed E-state index contributed by atoms with van der Waals surface area (Å²) >= 11 is 0. The summed E-state index contributed by atoms with van der Waals surface area (Å²) in [6.45, 7) is 6.42. The fourth-order valence-electron chi connectivity index (χ4n) is 3.25. The molecule has 2 heterocycles. The van der Waals surface area contributed by atoms with Gasteiger partial charge in [0.1, 0.15) is 18.1 Å². The molecule has 0 radical (unpaired) electrons. The molecule has 26 heavy (non-hydrogen) atoms. The van der Waals surface area contributed by atoms with Gasteiger partial charge < -0.3 is 24.7 Å². The lowest BCUT2D eigenvalue weighted by atomic mass is 10.1. The second kappa shape index (κ2) is 9.17. The monoisotopic (exact) mass is 356 g/mol. The van der Waals surface area contributed by atoms with Crippen molar-refractivity contribution in [3.05, 3.63) is 48.4 Å². The Kier molecular flexibility index (Phi) is 6.41. The maximum absolute atomic E-state index is 5.50. The van der Waals surface area contributed by atoms with Gasteiger partial charge in [-0.05, 0) is 43.5 Å². The molecule has 1 aromatic carbocycles. The predicted molar refractivity (Wildman–Crippen MR) is 105 cm³/mol. The molecule has 0 aliphatic carbocycles. The first-order valence-corrected chi connectivity index (χ1v) is 9.22. The summed E-state index contributed by atoms with van der Waals surface area (Å²) in [7, 11) is 1.73. The van der Waals surface area contributed by atoms with Crippen LogP contribution in [0.3, 0.4) is 0 Å². The maximum Gasteiger partial charge on any atom is 0.191 e. The quantitative estimate of drug-likeness (QED) is 0.590. The summed E-state index contributed by atoms with van der Waals surface area (Å²) in [6.07, 6.45) is 2.83. The van der Waals surface area contributed by atoms with Crippen molar-refractivity contribution in [1.82, 2.24) is 10.6 Å². The Morgan fingerprint density at radius 3 is 2.92 bits per heavy atom. The zero-order valence-electron chi connectivity index (χ0n) is 15.6. The first-order chi connectivity index (χ1) is 12.8. The molecular formula is C20H28N4O2. The second-order valence-electron chi connectivity index (χ2n) is 6.43. The number of nitrogens with zero attached hydrogens (tertiary/aromatic N) is 2. The summed E-state index contributed by atoms with van der Waals surface area (Å²) in [5, 5.41) is 6.76. The molecule has 1 aliphatic rings. The number of hydrogen-bond acceptors (Lipinski definition) is 4. The van der Waals surface area contributed by atoms with Crippen LogP contribution < -0.4 is 20.3 Å². The molecule has 2 aromatic rings. The third-order valence-electron chi connectivity index (χ3n) is 4.59. The van der Waals surface area contributed by atoms with Crippen LogP contribution in [-0.4, -0.2) is 39.2 Å². The van der Waals surface area contributed by atoms with Gasteiger partial charge in [-0.1, -0.05) is 12.1 Å². The molecule has 0 spiro atoms. The van der Waals surface area contributed by atoms with Gasteiger partial charge in [0, 0.05) is 26.2 Å². The maximum atomic E-state index is 5.50. The third-order valence-corrected chi connectivity index (χ3v) is 4.59. The number of anilines is 1. The molecule has 1 aromatic heterocycles. The van der Waals surface area contributed by atoms with Crippen LogP contribution in [-0.2, 0) is 6.54 Å². The molecule has 0 bridgehead atoms. The van der Waals surface area contributed by atoms with Crippen molar-refractivity contribution in [2.75, 3.05) is 38.2 Å². The summed E-state index contributed by atoms with van der Waals surface area (Å²) < 4.78 is 10.8. The van der Waals surface area contributed by atoms with Gasteiger partial charge in [-0.2, -0.15) is 0 Å². The minimum absolute atomic E-state index is 0.542. The largest absolute Gasteiger partial charge is 0.495 e. The number of hydrogen-bond donors (Lipinski definition) is 2. The van der Waals surface area contributed by atoms with E-state index in [4.69, 9.17) is 9.15 Å². The molecule has 6 heteroatoms. The number of ether oxygens (including phenoxy) is 1. The Morgan fingerprint density at radius 2 is 2.15 bits per heavy atom. The van der Waals surface area contributed by atoms with Crippen molar-refractivity contribution < 1.29 is 9.15 Å². The molecule has 1 aliphatic heterocycles. The average molecular weight is 356 g/mol. The normalized spacial score (nSPS) is 17.4. The van der Waals surface area contributed by atoms with Crippen molar-refractivity contribution in [3.8, 4) is 5.75 Å². The van der Waals surface area contributed by atoms with E-state index in [0.717, 1.165) is 50.1 Å². The highest BCUT2D eigenvalue weighted by atomic mass is 16.5. The van der Waals surface area contributed by atoms with Crippen LogP contribution in [0.2, 0.25) is 0 Å². The Balaban J connectivity index is 1.53. The number of para-hydroxylation sites is 2. The van der Waals surface area contributed by atoms with E-state index in [9.17, 15) is 0 Å². The smallest absolute Gasteiger partial charge is 0.191 e. The summed E-state index contributed by atoms with van der Waals surface area (Å²) in [4.78, 5) is 6.99. The zero-order valence-corrected chi connectivity index (χ0v) is 15.6. The van der Waals surface area contributed by atoms with Gasteiger partial charge in [-0.3, -0.25) is 0 Å². The van der Waals surface area contributed by atoms with Crippen LogP contribution >= 0.6 is 0 Å². The molecule has 1 atom stereocenters. The van der Waals surface area contributed by atoms with E-state index in [1.165, 1.54) is 5.69 Å². The van der Waals surface area contributed by atoms with E-state index in [0.29, 0.717) is 12.5 Å². The van der Waals surface area contributed by atoms with E-state index in [1.54, 1.807) is 13.4 Å². The number of methoxy groups -OCH3 is 1. The lowest BCUT2D eigenvalue weighted by Crippen LogP contribution is -2.40. The Morgan fingerprint density at radius 1 is 1.27 bits per heavy atom. The Bertz CT molecular complexity index is 700. The standard InChI is InChI=1S/C20H28N4O2/c1-3-21-20(23-14-17-7-6-12-26-17)22-13-16-10-11-24(15-16)18-8-4-5-9-19(18)25-2/h4-9,12,16H,3,10-11,13-15H2,1-2H3,(H2,21,22,23). The van der Waals surface area contributed by atoms with Gasteiger partial charge in [0.15, 0.2) is 5.96 Å². The van der Waals surface area contributed by atoms with E-state index in [1.807, 2.05) is 24.3 Å². The van der Waals surface area contributed by atoms with Gasteiger partial charge in [0.2, 0.25) is 0 Å². The van der Waals surface area contributed by atoms with Gasteiger partial charge in [0.25, 0.3) is 0 Å². The number of guanidine groups is 1. The fourth-order valence-corrected chi connectivity index (χ4v) is 3.25. The molecule has 3 rings (SSSR count). The van der Waals surface area contributed by atoms with E-state index >= 15 is 0 Å². The van der Waals surface area contributed by atoms with E-state index in [-0.39, 0.29) is 0 Å². The number of aliphatic imine (C=N–C) groups is 1. The van der Waals surface area contributed by atoms with Crippen LogP contribution in [0.25, 0.3) is 0 Å². The van der Waals surface area contributed by atoms with E-state index < -0.39 is 0 Å². The number of furan rings is 1. The van der Waals surface area contributed by atoms with Gasteiger partial charge in [-0.15, -0.1) is 0 Å². The summed E-state index contributed by atoms with van der Waals surface area (Å²) in [6, 6.07) is 12.0. The molecule has 0 saturated carbocycles. The SMILES string of the molecule is CCNC(=NCc1ccco1)NCC1CCN(c2ccccc2OC)C1. The van der Waals surface area contributed by atoms with Crippen molar-refractivity contribution in [2.45, 2.75) is 19.9 Å². The zero-order chi connectivity index (χ0) is 18.2. The lowest BCUT2D eigenvalue weighted by molar-refractivity contribution is 0.414. The minimum Gasteiger partial charge on any atom is -0.495 e. The number of nitrogens with one attached hydrogen (secondary N) is 2. The molecule has 1 unspecified atom stereocenters. The molecular weight excluding hydrogens is 328 g/mol. The highest BCUT2D eigenvalue weighted by molar-refractivity contribution is 5.79. The Labute approximate surface area is 155 Å². The first-order valence-electron chi connectivity index (χ1n) is 9.22. The molecule has 0 amide bonds. The lowest BCUT2D eigenvalue weighted by Gasteiger charge is -2.21. The summed E-state index contributed by atoms with van der Waals surface area (Å²) in [5.74, 6) is 3.21. The van der Waals surface area contributed by atoms with Gasteiger partial charge in [-0.25, -0.2) is 4.99 Å². The van der Waals surface area contributed by atoms with Crippen molar-refractivity contribution in [2.24, 2.45) is 10.9 Å². The van der Waals surface area contributed by atoms with Crippen molar-refractivity contribution >= 4 is 11.6 Å². The van der Waals surface area contributed by atoms with Gasteiger partial charge in [0.05, 0.1) is 19.1 Å². The average Bonchev–Trinajstić information content (AvgIpc) is 3.36. The highest BCUT2D eigenvalue weighted by Gasteiger charge is 2.24.